The van der Waals surface area contributed by atoms with Crippen LogP contribution in [0.1, 0.15) is 39.5 Å². The van der Waals surface area contributed by atoms with E-state index in [1.807, 2.05) is 0 Å². The van der Waals surface area contributed by atoms with Crippen LogP contribution in [0.25, 0.3) is 0 Å². The molecule has 11 heavy (non-hydrogen) atoms. The van der Waals surface area contributed by atoms with Crippen LogP contribution in [0.5, 0.6) is 0 Å². The number of hydrogen-bond donors (Lipinski definition) is 1. The predicted octanol–water partition coefficient (Wildman–Crippen LogP) is 1.25. The van der Waals surface area contributed by atoms with Crippen molar-refractivity contribution in [1.29, 1.82) is 0 Å². The molecule has 2 heterocycles. The minimum absolute atomic E-state index is 0.129. The monoisotopic (exact) mass is 153 g/mol. The molecule has 0 spiro atoms. The van der Waals surface area contributed by atoms with Crippen LogP contribution in [0.3, 0.4) is 0 Å². The normalized spacial score (nSPS) is 49.8. The quantitative estimate of drug-likeness (QED) is 0.567. The summed E-state index contributed by atoms with van der Waals surface area (Å²) in [5.41, 5.74) is 0.258. The van der Waals surface area contributed by atoms with Gasteiger partial charge in [0, 0.05) is 23.9 Å². The number of nitrogens with one attached hydrogen (secondary N) is 1. The Balaban J connectivity index is 2.28. The van der Waals surface area contributed by atoms with E-state index in [2.05, 4.69) is 19.2 Å². The lowest BCUT2D eigenvalue weighted by molar-refractivity contribution is -0.123. The van der Waals surface area contributed by atoms with Crippen LogP contribution in [-0.2, 0) is 4.79 Å². The van der Waals surface area contributed by atoms with E-state index in [0.717, 1.165) is 25.7 Å². The average Bonchev–Trinajstić information content (AvgIpc) is 2.01. The molecular weight excluding hydrogens is 138 g/mol. The zero-order valence-corrected chi connectivity index (χ0v) is 7.24. The van der Waals surface area contributed by atoms with Gasteiger partial charge in [0.2, 0.25) is 0 Å². The van der Waals surface area contributed by atoms with E-state index >= 15 is 0 Å². The van der Waals surface area contributed by atoms with Crippen molar-refractivity contribution in [3.05, 3.63) is 0 Å². The molecule has 2 aliphatic rings. The fraction of sp³-hybridized carbons (Fsp3) is 0.889. The van der Waals surface area contributed by atoms with Crippen molar-refractivity contribution in [3.63, 3.8) is 0 Å². The summed E-state index contributed by atoms with van der Waals surface area (Å²) in [6.07, 6.45) is 3.80. The van der Waals surface area contributed by atoms with Gasteiger partial charge >= 0.3 is 0 Å². The van der Waals surface area contributed by atoms with Crippen LogP contribution >= 0.6 is 0 Å². The summed E-state index contributed by atoms with van der Waals surface area (Å²) in [6, 6.07) is 0. The zero-order valence-electron chi connectivity index (χ0n) is 7.24. The number of carbonyl (C=O) groups excluding carboxylic acids is 1. The molecule has 0 saturated carbocycles. The SMILES string of the molecule is C[C@]12CC[C@](C)(CC(=O)C1)N2. The first-order valence-electron chi connectivity index (χ1n) is 4.33. The molecule has 0 aliphatic carbocycles. The topological polar surface area (TPSA) is 29.1 Å². The number of hydrogen-bond acceptors (Lipinski definition) is 2. The highest BCUT2D eigenvalue weighted by Crippen LogP contribution is 2.39. The van der Waals surface area contributed by atoms with E-state index in [-0.39, 0.29) is 11.1 Å². The van der Waals surface area contributed by atoms with Crippen molar-refractivity contribution >= 4 is 5.78 Å². The fourth-order valence-corrected chi connectivity index (χ4v) is 2.60. The Kier molecular flexibility index (Phi) is 1.23. The van der Waals surface area contributed by atoms with Crippen LogP contribution in [0.4, 0.5) is 0 Å². The number of carbonyl (C=O) groups is 1. The Morgan fingerprint density at radius 2 is 1.64 bits per heavy atom. The van der Waals surface area contributed by atoms with E-state index in [1.165, 1.54) is 0 Å². The lowest BCUT2D eigenvalue weighted by Crippen LogP contribution is -2.53. The highest BCUT2D eigenvalue weighted by atomic mass is 16.1. The van der Waals surface area contributed by atoms with E-state index < -0.39 is 0 Å². The molecule has 2 fully saturated rings. The van der Waals surface area contributed by atoms with E-state index in [9.17, 15) is 4.79 Å². The molecule has 62 valence electrons. The predicted molar refractivity (Wildman–Crippen MR) is 43.4 cm³/mol. The van der Waals surface area contributed by atoms with Crippen molar-refractivity contribution in [2.75, 3.05) is 0 Å². The molecule has 2 saturated heterocycles. The zero-order chi connectivity index (χ0) is 8.11. The first-order chi connectivity index (χ1) is 5.02. The molecule has 0 aromatic rings. The van der Waals surface area contributed by atoms with Crippen LogP contribution in [0.2, 0.25) is 0 Å². The molecule has 0 aromatic carbocycles. The third-order valence-electron chi connectivity index (χ3n) is 3.01. The van der Waals surface area contributed by atoms with Crippen LogP contribution in [0, 0.1) is 0 Å². The number of piperidine rings is 1. The Morgan fingerprint density at radius 3 is 2.09 bits per heavy atom. The number of rotatable bonds is 0. The summed E-state index contributed by atoms with van der Waals surface area (Å²) in [7, 11) is 0. The maximum Gasteiger partial charge on any atom is 0.136 e. The molecular formula is C9H15NO. The Morgan fingerprint density at radius 1 is 1.18 bits per heavy atom. The van der Waals surface area contributed by atoms with Crippen molar-refractivity contribution in [2.24, 2.45) is 0 Å². The molecule has 2 rings (SSSR count). The molecule has 2 aliphatic heterocycles. The van der Waals surface area contributed by atoms with Crippen LogP contribution in [-0.4, -0.2) is 16.9 Å². The highest BCUT2D eigenvalue weighted by Gasteiger charge is 2.47. The van der Waals surface area contributed by atoms with Crippen LogP contribution in [0.15, 0.2) is 0 Å². The first-order valence-corrected chi connectivity index (χ1v) is 4.33. The van der Waals surface area contributed by atoms with Gasteiger partial charge in [0.1, 0.15) is 5.78 Å². The maximum absolute atomic E-state index is 11.3. The lowest BCUT2D eigenvalue weighted by Gasteiger charge is -2.35. The smallest absolute Gasteiger partial charge is 0.136 e. The summed E-state index contributed by atoms with van der Waals surface area (Å²) in [4.78, 5) is 11.3. The summed E-state index contributed by atoms with van der Waals surface area (Å²) in [5.74, 6) is 0.436. The van der Waals surface area contributed by atoms with Crippen molar-refractivity contribution < 1.29 is 4.79 Å². The molecule has 2 heteroatoms. The summed E-state index contributed by atoms with van der Waals surface area (Å²) >= 11 is 0. The Hall–Kier alpha value is -0.370. The minimum atomic E-state index is 0.129. The third kappa shape index (κ3) is 1.09. The maximum atomic E-state index is 11.3. The van der Waals surface area contributed by atoms with Crippen LogP contribution < -0.4 is 5.32 Å². The van der Waals surface area contributed by atoms with Gasteiger partial charge in [-0.3, -0.25) is 4.79 Å². The third-order valence-corrected chi connectivity index (χ3v) is 3.01. The number of fused-ring (bicyclic) bond motifs is 2. The fourth-order valence-electron chi connectivity index (χ4n) is 2.60. The van der Waals surface area contributed by atoms with Gasteiger partial charge in [0.15, 0.2) is 0 Å². The van der Waals surface area contributed by atoms with Gasteiger partial charge in [0.25, 0.3) is 0 Å². The number of Topliss-reactive ketones (excluding diaryl/α,β-unsaturated/α-hetero) is 1. The van der Waals surface area contributed by atoms with Gasteiger partial charge in [-0.25, -0.2) is 0 Å². The van der Waals surface area contributed by atoms with Crippen molar-refractivity contribution in [3.8, 4) is 0 Å². The van der Waals surface area contributed by atoms with Gasteiger partial charge < -0.3 is 5.32 Å². The Labute approximate surface area is 67.4 Å². The second-order valence-electron chi connectivity index (χ2n) is 4.64. The number of ketones is 1. The average molecular weight is 153 g/mol. The van der Waals surface area contributed by atoms with Gasteiger partial charge in [-0.15, -0.1) is 0 Å². The van der Waals surface area contributed by atoms with E-state index in [0.29, 0.717) is 5.78 Å². The van der Waals surface area contributed by atoms with Gasteiger partial charge in [-0.05, 0) is 26.7 Å². The second kappa shape index (κ2) is 1.86. The van der Waals surface area contributed by atoms with E-state index in [4.69, 9.17) is 0 Å². The molecule has 2 nitrogen and oxygen atoms in total. The van der Waals surface area contributed by atoms with Crippen molar-refractivity contribution in [1.82, 2.24) is 5.32 Å². The Bertz CT molecular complexity index is 194. The largest absolute Gasteiger partial charge is 0.305 e. The molecule has 1 N–H and O–H groups in total. The minimum Gasteiger partial charge on any atom is -0.305 e. The summed E-state index contributed by atoms with van der Waals surface area (Å²) in [5, 5.41) is 3.55. The molecule has 0 radical (unpaired) electrons. The van der Waals surface area contributed by atoms with E-state index in [1.54, 1.807) is 0 Å². The highest BCUT2D eigenvalue weighted by molar-refractivity contribution is 5.82. The molecule has 2 atom stereocenters. The molecule has 0 unspecified atom stereocenters. The molecule has 0 amide bonds. The standard InChI is InChI=1S/C9H15NO/c1-8-3-4-9(2,10-8)6-7(11)5-8/h10H,3-6H2,1-2H3/t8-,9+. The molecule has 0 aromatic heterocycles. The molecule has 2 bridgehead atoms. The van der Waals surface area contributed by atoms with Crippen molar-refractivity contribution in [2.45, 2.75) is 50.6 Å². The first kappa shape index (κ1) is 7.29. The van der Waals surface area contributed by atoms with Gasteiger partial charge in [-0.1, -0.05) is 0 Å². The van der Waals surface area contributed by atoms with Gasteiger partial charge in [0.05, 0.1) is 0 Å². The summed E-state index contributed by atoms with van der Waals surface area (Å²) < 4.78 is 0. The lowest BCUT2D eigenvalue weighted by atomic mass is 9.88. The van der Waals surface area contributed by atoms with Gasteiger partial charge in [-0.2, -0.15) is 0 Å². The second-order valence-corrected chi connectivity index (χ2v) is 4.64. The summed E-state index contributed by atoms with van der Waals surface area (Å²) in [6.45, 7) is 4.32.